The smallest absolute Gasteiger partial charge is 0.259 e. The normalized spacial score (nSPS) is 10.9. The number of rotatable bonds is 4. The van der Waals surface area contributed by atoms with Crippen molar-refractivity contribution in [3.8, 4) is 0 Å². The zero-order chi connectivity index (χ0) is 21.4. The SMILES string of the molecule is Cc1occc1C(=O)Nc1cc(NC(=O)c2cc(F)cc3[nH]c(=S)[nH]c23)ccc1F. The van der Waals surface area contributed by atoms with Crippen molar-refractivity contribution in [3.63, 3.8) is 0 Å². The second-order valence-electron chi connectivity index (χ2n) is 6.45. The molecule has 0 saturated carbocycles. The van der Waals surface area contributed by atoms with Crippen molar-refractivity contribution in [2.45, 2.75) is 6.92 Å². The minimum atomic E-state index is -0.689. The molecule has 0 unspecified atom stereocenters. The Hall–Kier alpha value is -3.79. The lowest BCUT2D eigenvalue weighted by atomic mass is 10.1. The Bertz CT molecular complexity index is 1360. The van der Waals surface area contributed by atoms with E-state index in [1.54, 1.807) is 6.92 Å². The van der Waals surface area contributed by atoms with Crippen LogP contribution in [-0.4, -0.2) is 21.8 Å². The van der Waals surface area contributed by atoms with Gasteiger partial charge in [-0.05, 0) is 55.5 Å². The third-order valence-electron chi connectivity index (χ3n) is 4.41. The lowest BCUT2D eigenvalue weighted by Crippen LogP contribution is -2.15. The molecule has 30 heavy (non-hydrogen) atoms. The van der Waals surface area contributed by atoms with Gasteiger partial charge in [-0.1, -0.05) is 0 Å². The quantitative estimate of drug-likeness (QED) is 0.347. The van der Waals surface area contributed by atoms with Crippen molar-refractivity contribution < 1.29 is 22.8 Å². The predicted octanol–water partition coefficient (Wildman–Crippen LogP) is 4.91. The number of aromatic nitrogens is 2. The van der Waals surface area contributed by atoms with E-state index in [-0.39, 0.29) is 27.3 Å². The van der Waals surface area contributed by atoms with Crippen LogP contribution in [-0.2, 0) is 0 Å². The number of hydrogen-bond acceptors (Lipinski definition) is 4. The summed E-state index contributed by atoms with van der Waals surface area (Å²) in [7, 11) is 0. The van der Waals surface area contributed by atoms with Crippen LogP contribution in [0.5, 0.6) is 0 Å². The molecule has 152 valence electrons. The number of fused-ring (bicyclic) bond motifs is 1. The topological polar surface area (TPSA) is 103 Å². The first-order valence-electron chi connectivity index (χ1n) is 8.69. The number of benzene rings is 2. The Morgan fingerprint density at radius 1 is 1.00 bits per heavy atom. The Kier molecular flexibility index (Phi) is 4.92. The fourth-order valence-electron chi connectivity index (χ4n) is 2.99. The van der Waals surface area contributed by atoms with Gasteiger partial charge in [0.2, 0.25) is 0 Å². The van der Waals surface area contributed by atoms with E-state index in [1.165, 1.54) is 30.5 Å². The number of imidazole rings is 1. The summed E-state index contributed by atoms with van der Waals surface area (Å²) in [5.41, 5.74) is 1.02. The number of halogens is 2. The van der Waals surface area contributed by atoms with Crippen molar-refractivity contribution in [1.29, 1.82) is 0 Å². The number of hydrogen-bond donors (Lipinski definition) is 4. The van der Waals surface area contributed by atoms with E-state index < -0.39 is 23.4 Å². The van der Waals surface area contributed by atoms with Crippen LogP contribution in [0.1, 0.15) is 26.5 Å². The van der Waals surface area contributed by atoms with Gasteiger partial charge in [0.1, 0.15) is 17.4 Å². The van der Waals surface area contributed by atoms with E-state index in [2.05, 4.69) is 20.6 Å². The summed E-state index contributed by atoms with van der Waals surface area (Å²) in [6, 6.07) is 7.41. The van der Waals surface area contributed by atoms with E-state index in [1.807, 2.05) is 0 Å². The van der Waals surface area contributed by atoms with Crippen molar-refractivity contribution in [3.05, 3.63) is 76.0 Å². The number of aryl methyl sites for hydroxylation is 1. The van der Waals surface area contributed by atoms with Crippen LogP contribution in [0.3, 0.4) is 0 Å². The lowest BCUT2D eigenvalue weighted by molar-refractivity contribution is 0.101. The minimum absolute atomic E-state index is 0.0151. The van der Waals surface area contributed by atoms with Gasteiger partial charge in [0.15, 0.2) is 4.77 Å². The van der Waals surface area contributed by atoms with Gasteiger partial charge < -0.3 is 25.0 Å². The summed E-state index contributed by atoms with van der Waals surface area (Å²) in [4.78, 5) is 30.5. The highest BCUT2D eigenvalue weighted by atomic mass is 32.1. The molecule has 10 heteroatoms. The second-order valence-corrected chi connectivity index (χ2v) is 6.86. The van der Waals surface area contributed by atoms with Crippen LogP contribution in [0.15, 0.2) is 47.1 Å². The first-order chi connectivity index (χ1) is 14.3. The molecule has 7 nitrogen and oxygen atoms in total. The molecule has 0 bridgehead atoms. The fraction of sp³-hybridized carbons (Fsp3) is 0.0500. The molecule has 0 aliphatic heterocycles. The van der Waals surface area contributed by atoms with Gasteiger partial charge in [0.25, 0.3) is 11.8 Å². The molecule has 2 heterocycles. The largest absolute Gasteiger partial charge is 0.469 e. The first kappa shape index (κ1) is 19.5. The molecule has 0 aliphatic carbocycles. The Morgan fingerprint density at radius 2 is 1.77 bits per heavy atom. The number of nitrogens with one attached hydrogen (secondary N) is 4. The zero-order valence-corrected chi connectivity index (χ0v) is 16.2. The van der Waals surface area contributed by atoms with Crippen LogP contribution >= 0.6 is 12.2 Å². The maximum atomic E-state index is 14.2. The first-order valence-corrected chi connectivity index (χ1v) is 9.10. The highest BCUT2D eigenvalue weighted by Gasteiger charge is 2.17. The van der Waals surface area contributed by atoms with E-state index in [0.717, 1.165) is 12.1 Å². The molecule has 4 aromatic rings. The molecule has 0 atom stereocenters. The molecule has 4 N–H and O–H groups in total. The Morgan fingerprint density at radius 3 is 2.50 bits per heavy atom. The molecule has 2 aromatic carbocycles. The molecule has 4 rings (SSSR count). The average Bonchev–Trinajstić information content (AvgIpc) is 3.28. The Balaban J connectivity index is 1.61. The van der Waals surface area contributed by atoms with Crippen molar-refractivity contribution >= 4 is 46.4 Å². The van der Waals surface area contributed by atoms with Crippen LogP contribution in [0.2, 0.25) is 0 Å². The van der Waals surface area contributed by atoms with Gasteiger partial charge in [-0.3, -0.25) is 9.59 Å². The van der Waals surface area contributed by atoms with Gasteiger partial charge in [-0.25, -0.2) is 8.78 Å². The predicted molar refractivity (Wildman–Crippen MR) is 109 cm³/mol. The molecule has 0 radical (unpaired) electrons. The van der Waals surface area contributed by atoms with Crippen LogP contribution in [0.4, 0.5) is 20.2 Å². The summed E-state index contributed by atoms with van der Waals surface area (Å²) in [5, 5.41) is 5.00. The van der Waals surface area contributed by atoms with Crippen LogP contribution in [0.25, 0.3) is 11.0 Å². The monoisotopic (exact) mass is 428 g/mol. The molecule has 0 fully saturated rings. The van der Waals surface area contributed by atoms with Gasteiger partial charge in [-0.2, -0.15) is 0 Å². The second kappa shape index (κ2) is 7.56. The van der Waals surface area contributed by atoms with E-state index in [4.69, 9.17) is 16.6 Å². The van der Waals surface area contributed by atoms with Gasteiger partial charge in [0.05, 0.1) is 34.1 Å². The van der Waals surface area contributed by atoms with E-state index in [0.29, 0.717) is 16.8 Å². The summed E-state index contributed by atoms with van der Waals surface area (Å²) in [6.45, 7) is 1.61. The molecule has 0 aliphatic rings. The standard InChI is InChI=1S/C20H14F2N4O3S/c1-9-12(4-5-29-9)18(27)24-15-8-11(2-3-14(15)22)23-19(28)13-6-10(21)7-16-17(13)26-20(30)25-16/h2-8H,1H3,(H,23,28)(H,24,27)(H2,25,26,30). The van der Waals surface area contributed by atoms with Crippen molar-refractivity contribution in [2.75, 3.05) is 10.6 Å². The van der Waals surface area contributed by atoms with Crippen LogP contribution in [0, 0.1) is 23.3 Å². The highest BCUT2D eigenvalue weighted by Crippen LogP contribution is 2.23. The summed E-state index contributed by atoms with van der Waals surface area (Å²) >= 11 is 4.99. The zero-order valence-electron chi connectivity index (χ0n) is 15.4. The average molecular weight is 428 g/mol. The third kappa shape index (κ3) is 3.72. The summed E-state index contributed by atoms with van der Waals surface area (Å²) in [6.07, 6.45) is 1.35. The Labute approximate surface area is 173 Å². The fourth-order valence-corrected chi connectivity index (χ4v) is 3.21. The molecule has 0 spiro atoms. The number of anilines is 2. The summed E-state index contributed by atoms with van der Waals surface area (Å²) < 4.78 is 33.4. The van der Waals surface area contributed by atoms with Gasteiger partial charge >= 0.3 is 0 Å². The minimum Gasteiger partial charge on any atom is -0.469 e. The molecule has 2 amide bonds. The number of carbonyl (C=O) groups excluding carboxylic acids is 2. The molecule has 2 aromatic heterocycles. The van der Waals surface area contributed by atoms with Crippen molar-refractivity contribution in [1.82, 2.24) is 9.97 Å². The summed E-state index contributed by atoms with van der Waals surface area (Å²) in [5.74, 6) is -2.13. The maximum Gasteiger partial charge on any atom is 0.259 e. The highest BCUT2D eigenvalue weighted by molar-refractivity contribution is 7.71. The van der Waals surface area contributed by atoms with Gasteiger partial charge in [-0.15, -0.1) is 0 Å². The molecular formula is C20H14F2N4O3S. The lowest BCUT2D eigenvalue weighted by Gasteiger charge is -2.10. The number of H-pyrrole nitrogens is 2. The van der Waals surface area contributed by atoms with E-state index >= 15 is 0 Å². The number of furan rings is 1. The molecule has 0 saturated heterocycles. The van der Waals surface area contributed by atoms with E-state index in [9.17, 15) is 18.4 Å². The molecular weight excluding hydrogens is 414 g/mol. The number of amides is 2. The van der Waals surface area contributed by atoms with Gasteiger partial charge in [0, 0.05) is 5.69 Å². The maximum absolute atomic E-state index is 14.2. The van der Waals surface area contributed by atoms with Crippen LogP contribution < -0.4 is 10.6 Å². The third-order valence-corrected chi connectivity index (χ3v) is 4.61. The number of carbonyl (C=O) groups is 2. The number of aromatic amines is 2. The van der Waals surface area contributed by atoms with Crippen molar-refractivity contribution in [2.24, 2.45) is 0 Å².